The van der Waals surface area contributed by atoms with Crippen molar-refractivity contribution in [1.29, 1.82) is 0 Å². The molecule has 0 bridgehead atoms. The summed E-state index contributed by atoms with van der Waals surface area (Å²) in [5.74, 6) is 0.454. The van der Waals surface area contributed by atoms with Gasteiger partial charge in [-0.15, -0.1) is 11.8 Å². The number of aromatic nitrogens is 1. The predicted molar refractivity (Wildman–Crippen MR) is 106 cm³/mol. The fourth-order valence-corrected chi connectivity index (χ4v) is 2.85. The molecule has 1 aromatic carbocycles. The summed E-state index contributed by atoms with van der Waals surface area (Å²) in [6, 6.07) is 11.0. The number of anilines is 1. The van der Waals surface area contributed by atoms with E-state index in [4.69, 9.17) is 0 Å². The van der Waals surface area contributed by atoms with Crippen LogP contribution in [0.5, 0.6) is 0 Å². The third-order valence-corrected chi connectivity index (χ3v) is 4.76. The monoisotopic (exact) mass is 371 g/mol. The molecule has 26 heavy (non-hydrogen) atoms. The zero-order chi connectivity index (χ0) is 19.2. The number of hydrogen-bond donors (Lipinski definition) is 2. The summed E-state index contributed by atoms with van der Waals surface area (Å²) in [6.45, 7) is 7.12. The van der Waals surface area contributed by atoms with Crippen LogP contribution in [0.25, 0.3) is 0 Å². The number of rotatable bonds is 6. The molecule has 2 N–H and O–H groups in total. The highest BCUT2D eigenvalue weighted by Gasteiger charge is 2.25. The first-order valence-electron chi connectivity index (χ1n) is 8.49. The Labute approximate surface area is 159 Å². The number of hydrogen-bond acceptors (Lipinski definition) is 4. The zero-order valence-electron chi connectivity index (χ0n) is 15.6. The van der Waals surface area contributed by atoms with Gasteiger partial charge in [0.2, 0.25) is 11.8 Å². The van der Waals surface area contributed by atoms with Gasteiger partial charge in [-0.2, -0.15) is 0 Å². The SMILES string of the molecule is CC(NC(=O)C(C)(C)C)C(=O)Nc1ccc(SCc2cccnc2)cc1. The molecule has 0 aliphatic carbocycles. The Bertz CT molecular complexity index is 740. The lowest BCUT2D eigenvalue weighted by molar-refractivity contribution is -0.131. The first-order chi connectivity index (χ1) is 12.3. The third kappa shape index (κ3) is 6.19. The van der Waals surface area contributed by atoms with Crippen LogP contribution in [-0.2, 0) is 15.3 Å². The van der Waals surface area contributed by atoms with Crippen LogP contribution in [0, 0.1) is 5.41 Å². The summed E-state index contributed by atoms with van der Waals surface area (Å²) in [7, 11) is 0. The summed E-state index contributed by atoms with van der Waals surface area (Å²) in [6.07, 6.45) is 3.62. The Hall–Kier alpha value is -2.34. The van der Waals surface area contributed by atoms with E-state index >= 15 is 0 Å². The zero-order valence-corrected chi connectivity index (χ0v) is 16.4. The van der Waals surface area contributed by atoms with Crippen molar-refractivity contribution in [2.75, 3.05) is 5.32 Å². The normalized spacial score (nSPS) is 12.3. The highest BCUT2D eigenvalue weighted by molar-refractivity contribution is 7.98. The van der Waals surface area contributed by atoms with E-state index in [0.717, 1.165) is 10.6 Å². The lowest BCUT2D eigenvalue weighted by Gasteiger charge is -2.21. The molecule has 5 nitrogen and oxygen atoms in total. The summed E-state index contributed by atoms with van der Waals surface area (Å²) in [4.78, 5) is 29.4. The van der Waals surface area contributed by atoms with Gasteiger partial charge in [0.15, 0.2) is 0 Å². The topological polar surface area (TPSA) is 71.1 Å². The van der Waals surface area contributed by atoms with Crippen molar-refractivity contribution in [3.8, 4) is 0 Å². The summed E-state index contributed by atoms with van der Waals surface area (Å²) in [5.41, 5.74) is 1.35. The minimum absolute atomic E-state index is 0.151. The highest BCUT2D eigenvalue weighted by atomic mass is 32.2. The molecule has 1 heterocycles. The fraction of sp³-hybridized carbons (Fsp3) is 0.350. The van der Waals surface area contributed by atoms with Gasteiger partial charge in [0.05, 0.1) is 0 Å². The Morgan fingerprint density at radius 2 is 1.85 bits per heavy atom. The number of nitrogens with zero attached hydrogens (tertiary/aromatic N) is 1. The van der Waals surface area contributed by atoms with Gasteiger partial charge >= 0.3 is 0 Å². The van der Waals surface area contributed by atoms with Crippen LogP contribution in [-0.4, -0.2) is 22.8 Å². The van der Waals surface area contributed by atoms with E-state index in [2.05, 4.69) is 15.6 Å². The van der Waals surface area contributed by atoms with Gasteiger partial charge in [0, 0.05) is 34.1 Å². The molecule has 0 aliphatic rings. The smallest absolute Gasteiger partial charge is 0.246 e. The van der Waals surface area contributed by atoms with Gasteiger partial charge in [0.25, 0.3) is 0 Å². The largest absolute Gasteiger partial charge is 0.344 e. The molecule has 6 heteroatoms. The van der Waals surface area contributed by atoms with Crippen LogP contribution in [0.1, 0.15) is 33.3 Å². The second-order valence-electron chi connectivity index (χ2n) is 7.11. The van der Waals surface area contributed by atoms with Crippen LogP contribution in [0.3, 0.4) is 0 Å². The van der Waals surface area contributed by atoms with Crippen molar-refractivity contribution in [3.63, 3.8) is 0 Å². The molecule has 138 valence electrons. The lowest BCUT2D eigenvalue weighted by Crippen LogP contribution is -2.46. The maximum Gasteiger partial charge on any atom is 0.246 e. The first-order valence-corrected chi connectivity index (χ1v) is 9.48. The number of amides is 2. The molecular formula is C20H25N3O2S. The number of carbonyl (C=O) groups is 2. The van der Waals surface area contributed by atoms with E-state index < -0.39 is 11.5 Å². The number of thioether (sulfide) groups is 1. The van der Waals surface area contributed by atoms with Crippen molar-refractivity contribution in [2.45, 2.75) is 44.4 Å². The molecule has 2 aromatic rings. The molecule has 0 aliphatic heterocycles. The average Bonchev–Trinajstić information content (AvgIpc) is 2.61. The van der Waals surface area contributed by atoms with Crippen LogP contribution >= 0.6 is 11.8 Å². The van der Waals surface area contributed by atoms with Gasteiger partial charge in [-0.05, 0) is 42.8 Å². The van der Waals surface area contributed by atoms with Crippen LogP contribution in [0.2, 0.25) is 0 Å². The van der Waals surface area contributed by atoms with Gasteiger partial charge in [0.1, 0.15) is 6.04 Å². The van der Waals surface area contributed by atoms with E-state index in [0.29, 0.717) is 5.69 Å². The van der Waals surface area contributed by atoms with E-state index in [1.807, 2.05) is 63.4 Å². The standard InChI is InChI=1S/C20H25N3O2S/c1-14(22-19(25)20(2,3)4)18(24)23-16-7-9-17(10-8-16)26-13-15-6-5-11-21-12-15/h5-12,14H,13H2,1-4H3,(H,22,25)(H,23,24). The maximum absolute atomic E-state index is 12.2. The highest BCUT2D eigenvalue weighted by Crippen LogP contribution is 2.24. The Balaban J connectivity index is 1.86. The van der Waals surface area contributed by atoms with Crippen LogP contribution < -0.4 is 10.6 Å². The quantitative estimate of drug-likeness (QED) is 0.757. The molecule has 0 saturated heterocycles. The number of benzene rings is 1. The Morgan fingerprint density at radius 1 is 1.15 bits per heavy atom. The molecule has 2 rings (SSSR count). The molecule has 1 atom stereocenters. The summed E-state index contributed by atoms with van der Waals surface area (Å²) >= 11 is 1.71. The van der Waals surface area contributed by atoms with Crippen molar-refractivity contribution in [1.82, 2.24) is 10.3 Å². The van der Waals surface area contributed by atoms with Gasteiger partial charge in [-0.3, -0.25) is 14.6 Å². The molecule has 0 saturated carbocycles. The molecule has 1 aromatic heterocycles. The lowest BCUT2D eigenvalue weighted by atomic mass is 9.95. The first kappa shape index (κ1) is 20.0. The van der Waals surface area contributed by atoms with Gasteiger partial charge in [-0.1, -0.05) is 26.8 Å². The van der Waals surface area contributed by atoms with Crippen molar-refractivity contribution >= 4 is 29.3 Å². The Kier molecular flexibility index (Phi) is 6.80. The minimum Gasteiger partial charge on any atom is -0.344 e. The van der Waals surface area contributed by atoms with Crippen molar-refractivity contribution in [3.05, 3.63) is 54.4 Å². The predicted octanol–water partition coefficient (Wildman–Crippen LogP) is 3.86. The molecule has 0 spiro atoms. The summed E-state index contributed by atoms with van der Waals surface area (Å²) < 4.78 is 0. The molecule has 2 amide bonds. The van der Waals surface area contributed by atoms with Gasteiger partial charge in [-0.25, -0.2) is 0 Å². The molecular weight excluding hydrogens is 346 g/mol. The van der Waals surface area contributed by atoms with Crippen molar-refractivity contribution in [2.24, 2.45) is 5.41 Å². The molecule has 0 radical (unpaired) electrons. The number of pyridine rings is 1. The minimum atomic E-state index is -0.596. The van der Waals surface area contributed by atoms with E-state index in [9.17, 15) is 9.59 Å². The van der Waals surface area contributed by atoms with Crippen molar-refractivity contribution < 1.29 is 9.59 Å². The third-order valence-electron chi connectivity index (χ3n) is 3.67. The molecule has 1 unspecified atom stereocenters. The van der Waals surface area contributed by atoms with E-state index in [1.165, 1.54) is 5.56 Å². The molecule has 0 fully saturated rings. The average molecular weight is 372 g/mol. The maximum atomic E-state index is 12.2. The number of nitrogens with one attached hydrogen (secondary N) is 2. The van der Waals surface area contributed by atoms with Crippen LogP contribution in [0.15, 0.2) is 53.7 Å². The number of carbonyl (C=O) groups excluding carboxylic acids is 2. The van der Waals surface area contributed by atoms with E-state index in [-0.39, 0.29) is 11.8 Å². The van der Waals surface area contributed by atoms with E-state index in [1.54, 1.807) is 24.9 Å². The summed E-state index contributed by atoms with van der Waals surface area (Å²) in [5, 5.41) is 5.56. The van der Waals surface area contributed by atoms with Gasteiger partial charge < -0.3 is 10.6 Å². The van der Waals surface area contributed by atoms with Crippen LogP contribution in [0.4, 0.5) is 5.69 Å². The second kappa shape index (κ2) is 8.85. The fourth-order valence-electron chi connectivity index (χ4n) is 2.01. The Morgan fingerprint density at radius 3 is 2.42 bits per heavy atom. The second-order valence-corrected chi connectivity index (χ2v) is 8.16.